The molecular formula is C24H26ClN3O5S2. The zero-order valence-electron chi connectivity index (χ0n) is 19.4. The van der Waals surface area contributed by atoms with Gasteiger partial charge < -0.3 is 14.0 Å². The fraction of sp³-hybridized carbons (Fsp3) is 0.333. The molecule has 1 aliphatic heterocycles. The highest BCUT2D eigenvalue weighted by Gasteiger charge is 2.33. The van der Waals surface area contributed by atoms with Crippen molar-refractivity contribution in [3.8, 4) is 11.5 Å². The standard InChI is InChI=1S/C24H26ClN3O5S2/c1-4-13-28-21-19(32-2)11-12-20(33-3)22(21)34-24(28)26-23(29)16-6-5-14-27(15-16)35(30,31)18-9-7-17(25)8-10-18/h4,7-12,16H,1,5-6,13-15H2,2-3H3. The number of methoxy groups -OCH3 is 2. The predicted octanol–water partition coefficient (Wildman–Crippen LogP) is 4.09. The Morgan fingerprint density at radius 2 is 1.89 bits per heavy atom. The average Bonchev–Trinajstić information content (AvgIpc) is 3.22. The monoisotopic (exact) mass is 535 g/mol. The number of hydrogen-bond acceptors (Lipinski definition) is 6. The molecule has 1 aromatic heterocycles. The molecule has 0 saturated carbocycles. The molecule has 0 radical (unpaired) electrons. The Morgan fingerprint density at radius 3 is 2.54 bits per heavy atom. The number of sulfonamides is 1. The lowest BCUT2D eigenvalue weighted by molar-refractivity contribution is -0.122. The van der Waals surface area contributed by atoms with Gasteiger partial charge in [0.1, 0.15) is 21.7 Å². The first kappa shape index (κ1) is 25.4. The van der Waals surface area contributed by atoms with Gasteiger partial charge in [0.25, 0.3) is 5.91 Å². The molecule has 4 rings (SSSR count). The van der Waals surface area contributed by atoms with Crippen LogP contribution in [0.15, 0.2) is 58.9 Å². The summed E-state index contributed by atoms with van der Waals surface area (Å²) in [7, 11) is -0.579. The Bertz CT molecular complexity index is 1430. The van der Waals surface area contributed by atoms with E-state index in [1.54, 1.807) is 38.5 Å². The number of halogens is 1. The van der Waals surface area contributed by atoms with Crippen molar-refractivity contribution in [1.82, 2.24) is 8.87 Å². The molecule has 0 bridgehead atoms. The second-order valence-corrected chi connectivity index (χ2v) is 11.4. The van der Waals surface area contributed by atoms with Crippen LogP contribution in [-0.4, -0.2) is 50.5 Å². The van der Waals surface area contributed by atoms with Gasteiger partial charge in [-0.1, -0.05) is 29.0 Å². The van der Waals surface area contributed by atoms with Gasteiger partial charge in [0.2, 0.25) is 10.0 Å². The molecule has 1 amide bonds. The fourth-order valence-corrected chi connectivity index (χ4v) is 6.94. The van der Waals surface area contributed by atoms with Crippen molar-refractivity contribution in [2.75, 3.05) is 27.3 Å². The Morgan fingerprint density at radius 1 is 1.20 bits per heavy atom. The molecule has 0 N–H and O–H groups in total. The third-order valence-corrected chi connectivity index (χ3v) is 9.12. The first-order valence-electron chi connectivity index (χ1n) is 11.0. The van der Waals surface area contributed by atoms with Crippen molar-refractivity contribution in [1.29, 1.82) is 0 Å². The minimum Gasteiger partial charge on any atom is -0.495 e. The van der Waals surface area contributed by atoms with Crippen molar-refractivity contribution >= 4 is 49.1 Å². The molecule has 35 heavy (non-hydrogen) atoms. The van der Waals surface area contributed by atoms with Crippen LogP contribution >= 0.6 is 22.9 Å². The molecule has 8 nitrogen and oxygen atoms in total. The molecular weight excluding hydrogens is 510 g/mol. The Hall–Kier alpha value is -2.66. The maximum absolute atomic E-state index is 13.3. The number of fused-ring (bicyclic) bond motifs is 1. The summed E-state index contributed by atoms with van der Waals surface area (Å²) in [6.07, 6.45) is 2.85. The van der Waals surface area contributed by atoms with Crippen LogP contribution in [0.4, 0.5) is 0 Å². The van der Waals surface area contributed by atoms with Crippen molar-refractivity contribution < 1.29 is 22.7 Å². The molecule has 2 heterocycles. The number of carbonyl (C=O) groups is 1. The van der Waals surface area contributed by atoms with E-state index in [0.717, 1.165) is 10.2 Å². The van der Waals surface area contributed by atoms with Crippen LogP contribution in [0, 0.1) is 5.92 Å². The fourth-order valence-electron chi connectivity index (χ4n) is 4.14. The Labute approximate surface area is 213 Å². The molecule has 2 aromatic carbocycles. The highest BCUT2D eigenvalue weighted by molar-refractivity contribution is 7.89. The number of allylic oxidation sites excluding steroid dienone is 1. The smallest absolute Gasteiger partial charge is 0.252 e. The van der Waals surface area contributed by atoms with Crippen molar-refractivity contribution in [3.05, 3.63) is 58.9 Å². The van der Waals surface area contributed by atoms with Gasteiger partial charge in [-0.05, 0) is 49.2 Å². The molecule has 0 aliphatic carbocycles. The van der Waals surface area contributed by atoms with Gasteiger partial charge in [-0.3, -0.25) is 4.79 Å². The van der Waals surface area contributed by atoms with E-state index in [9.17, 15) is 13.2 Å². The third kappa shape index (κ3) is 5.02. The van der Waals surface area contributed by atoms with Crippen molar-refractivity contribution in [2.24, 2.45) is 10.9 Å². The number of thiazole rings is 1. The molecule has 1 atom stereocenters. The number of ether oxygens (including phenoxy) is 2. The summed E-state index contributed by atoms with van der Waals surface area (Å²) in [5.74, 6) is 0.376. The number of hydrogen-bond donors (Lipinski definition) is 0. The lowest BCUT2D eigenvalue weighted by atomic mass is 9.99. The van der Waals surface area contributed by atoms with Gasteiger partial charge in [-0.25, -0.2) is 8.42 Å². The Balaban J connectivity index is 1.69. The van der Waals surface area contributed by atoms with E-state index in [2.05, 4.69) is 11.6 Å². The second kappa shape index (κ2) is 10.5. The van der Waals surface area contributed by atoms with Gasteiger partial charge in [-0.15, -0.1) is 6.58 Å². The topological polar surface area (TPSA) is 90.2 Å². The maximum atomic E-state index is 13.3. The minimum atomic E-state index is -3.74. The summed E-state index contributed by atoms with van der Waals surface area (Å²) >= 11 is 7.22. The molecule has 0 spiro atoms. The number of carbonyl (C=O) groups excluding carboxylic acids is 1. The van der Waals surface area contributed by atoms with Crippen LogP contribution in [0.2, 0.25) is 5.02 Å². The number of rotatable bonds is 7. The van der Waals surface area contributed by atoms with Gasteiger partial charge in [0.15, 0.2) is 4.80 Å². The van der Waals surface area contributed by atoms with E-state index in [1.807, 2.05) is 10.6 Å². The molecule has 1 unspecified atom stereocenters. The summed E-state index contributed by atoms with van der Waals surface area (Å²) in [5.41, 5.74) is 0.763. The van der Waals surface area contributed by atoms with E-state index in [-0.39, 0.29) is 17.3 Å². The third-order valence-electron chi connectivity index (χ3n) is 5.89. The van der Waals surface area contributed by atoms with E-state index >= 15 is 0 Å². The van der Waals surface area contributed by atoms with Crippen molar-refractivity contribution in [3.63, 3.8) is 0 Å². The second-order valence-electron chi connectivity index (χ2n) is 8.04. The number of piperidine rings is 1. The normalized spacial score (nSPS) is 17.5. The first-order valence-corrected chi connectivity index (χ1v) is 13.6. The predicted molar refractivity (Wildman–Crippen MR) is 137 cm³/mol. The average molecular weight is 536 g/mol. The molecule has 11 heteroatoms. The van der Waals surface area contributed by atoms with E-state index < -0.39 is 15.9 Å². The summed E-state index contributed by atoms with van der Waals surface area (Å²) in [5, 5.41) is 0.457. The molecule has 1 saturated heterocycles. The Kier molecular flexibility index (Phi) is 7.65. The summed E-state index contributed by atoms with van der Waals surface area (Å²) < 4.78 is 41.3. The summed E-state index contributed by atoms with van der Waals surface area (Å²) in [6, 6.07) is 9.65. The zero-order chi connectivity index (χ0) is 25.2. The van der Waals surface area contributed by atoms with Gasteiger partial charge in [0.05, 0.1) is 25.0 Å². The van der Waals surface area contributed by atoms with Gasteiger partial charge >= 0.3 is 0 Å². The highest BCUT2D eigenvalue weighted by Crippen LogP contribution is 2.35. The first-order chi connectivity index (χ1) is 16.8. The van der Waals surface area contributed by atoms with Crippen LogP contribution in [0.5, 0.6) is 11.5 Å². The highest BCUT2D eigenvalue weighted by atomic mass is 35.5. The maximum Gasteiger partial charge on any atom is 0.252 e. The largest absolute Gasteiger partial charge is 0.495 e. The number of amides is 1. The van der Waals surface area contributed by atoms with Gasteiger partial charge in [0, 0.05) is 24.7 Å². The molecule has 3 aromatic rings. The van der Waals surface area contributed by atoms with Crippen molar-refractivity contribution in [2.45, 2.75) is 24.3 Å². The zero-order valence-corrected chi connectivity index (χ0v) is 21.8. The number of aromatic nitrogens is 1. The summed E-state index contributed by atoms with van der Waals surface area (Å²) in [4.78, 5) is 18.3. The van der Waals surface area contributed by atoms with E-state index in [4.69, 9.17) is 21.1 Å². The van der Waals surface area contributed by atoms with Crippen LogP contribution in [0.1, 0.15) is 12.8 Å². The number of nitrogens with zero attached hydrogens (tertiary/aromatic N) is 3. The molecule has 1 aliphatic rings. The minimum absolute atomic E-state index is 0.0757. The van der Waals surface area contributed by atoms with E-state index in [0.29, 0.717) is 47.3 Å². The molecule has 1 fully saturated rings. The van der Waals surface area contributed by atoms with Gasteiger partial charge in [-0.2, -0.15) is 9.30 Å². The van der Waals surface area contributed by atoms with Crippen LogP contribution in [0.3, 0.4) is 0 Å². The lowest BCUT2D eigenvalue weighted by Gasteiger charge is -2.30. The lowest BCUT2D eigenvalue weighted by Crippen LogP contribution is -2.42. The SMILES string of the molecule is C=CCn1c(=NC(=O)C2CCCN(S(=O)(=O)c3ccc(Cl)cc3)C2)sc2c(OC)ccc(OC)c21. The summed E-state index contributed by atoms with van der Waals surface area (Å²) in [6.45, 7) is 4.66. The van der Waals surface area contributed by atoms with Crippen LogP contribution in [-0.2, 0) is 21.4 Å². The van der Waals surface area contributed by atoms with Crippen LogP contribution in [0.25, 0.3) is 10.2 Å². The number of benzene rings is 2. The molecule has 186 valence electrons. The van der Waals surface area contributed by atoms with Crippen LogP contribution < -0.4 is 14.3 Å². The van der Waals surface area contributed by atoms with E-state index in [1.165, 1.54) is 27.8 Å². The quantitative estimate of drug-likeness (QED) is 0.425.